The van der Waals surface area contributed by atoms with Gasteiger partial charge in [0.25, 0.3) is 10.1 Å². The molecule has 0 aliphatic carbocycles. The number of carbonyl (C=O) groups excluding carboxylic acids is 1. The lowest BCUT2D eigenvalue weighted by Crippen LogP contribution is -2.39. The Balaban J connectivity index is 3.06. The van der Waals surface area contributed by atoms with Crippen LogP contribution in [0.1, 0.15) is 66.1 Å². The molecule has 0 bridgehead atoms. The lowest BCUT2D eigenvalue weighted by atomic mass is 9.88. The quantitative estimate of drug-likeness (QED) is 0.361. The van der Waals surface area contributed by atoms with E-state index < -0.39 is 27.6 Å². The van der Waals surface area contributed by atoms with Crippen LogP contribution in [0.15, 0.2) is 18.2 Å². The Hall–Kier alpha value is -1.64. The monoisotopic (exact) mass is 415 g/mol. The van der Waals surface area contributed by atoms with Gasteiger partial charge in [0.1, 0.15) is 6.10 Å². The molecule has 0 aliphatic rings. The first-order valence-corrected chi connectivity index (χ1v) is 11.1. The Bertz CT molecular complexity index is 780. The summed E-state index contributed by atoms with van der Waals surface area (Å²) in [5.41, 5.74) is -0.466. The predicted molar refractivity (Wildman–Crippen MR) is 109 cm³/mol. The molecule has 8 heteroatoms. The van der Waals surface area contributed by atoms with E-state index in [1.807, 2.05) is 27.7 Å². The van der Waals surface area contributed by atoms with Crippen molar-refractivity contribution >= 4 is 16.1 Å². The van der Waals surface area contributed by atoms with Crippen LogP contribution < -0.4 is 10.1 Å². The fourth-order valence-electron chi connectivity index (χ4n) is 2.60. The van der Waals surface area contributed by atoms with Crippen LogP contribution in [0.4, 0.5) is 0 Å². The number of carbonyl (C=O) groups is 1. The maximum Gasteiger partial charge on any atom is 0.317 e. The van der Waals surface area contributed by atoms with E-state index >= 15 is 0 Å². The zero-order chi connectivity index (χ0) is 21.8. The molecule has 0 radical (unpaired) electrons. The van der Waals surface area contributed by atoms with Gasteiger partial charge in [0, 0.05) is 12.1 Å². The van der Waals surface area contributed by atoms with Gasteiger partial charge >= 0.3 is 5.97 Å². The van der Waals surface area contributed by atoms with Crippen molar-refractivity contribution in [2.45, 2.75) is 66.0 Å². The summed E-state index contributed by atoms with van der Waals surface area (Å²) in [5.74, 6) is -0.661. The van der Waals surface area contributed by atoms with Crippen molar-refractivity contribution in [3.8, 4) is 11.5 Å². The Morgan fingerprint density at radius 1 is 1.21 bits per heavy atom. The molecule has 0 saturated heterocycles. The second kappa shape index (κ2) is 9.24. The summed E-state index contributed by atoms with van der Waals surface area (Å²) in [4.78, 5) is 12.3. The SMILES string of the molecule is CCCC(C)(C)C(=O)Oc1ccc(C(CNC(C)(C)C)OS(C)(=O)=O)cc1O. The molecule has 0 aromatic heterocycles. The highest BCUT2D eigenvalue weighted by atomic mass is 32.2. The molecule has 160 valence electrons. The fourth-order valence-corrected chi connectivity index (χ4v) is 3.20. The summed E-state index contributed by atoms with van der Waals surface area (Å²) in [5, 5.41) is 13.5. The van der Waals surface area contributed by atoms with E-state index in [-0.39, 0.29) is 23.6 Å². The highest BCUT2D eigenvalue weighted by Crippen LogP contribution is 2.33. The van der Waals surface area contributed by atoms with Crippen LogP contribution in [-0.2, 0) is 19.1 Å². The van der Waals surface area contributed by atoms with Gasteiger partial charge in [0.15, 0.2) is 11.5 Å². The van der Waals surface area contributed by atoms with E-state index in [2.05, 4.69) is 5.32 Å². The van der Waals surface area contributed by atoms with Gasteiger partial charge in [0.05, 0.1) is 11.7 Å². The molecule has 2 N–H and O–H groups in total. The summed E-state index contributed by atoms with van der Waals surface area (Å²) < 4.78 is 33.8. The maximum absolute atomic E-state index is 12.3. The number of phenols is 1. The van der Waals surface area contributed by atoms with Crippen LogP contribution in [0.3, 0.4) is 0 Å². The average molecular weight is 416 g/mol. The van der Waals surface area contributed by atoms with E-state index in [0.717, 1.165) is 12.7 Å². The number of ether oxygens (including phenoxy) is 1. The van der Waals surface area contributed by atoms with Crippen LogP contribution in [-0.4, -0.2) is 37.8 Å². The first kappa shape index (κ1) is 24.4. The predicted octanol–water partition coefficient (Wildman–Crippen LogP) is 3.53. The van der Waals surface area contributed by atoms with Gasteiger partial charge in [-0.2, -0.15) is 8.42 Å². The zero-order valence-corrected chi connectivity index (χ0v) is 18.6. The minimum absolute atomic E-state index is 0.0276. The largest absolute Gasteiger partial charge is 0.504 e. The maximum atomic E-state index is 12.3. The summed E-state index contributed by atoms with van der Waals surface area (Å²) in [6.45, 7) is 11.6. The molecule has 0 heterocycles. The number of aromatic hydroxyl groups is 1. The molecule has 1 atom stereocenters. The fraction of sp³-hybridized carbons (Fsp3) is 0.650. The molecule has 0 saturated carbocycles. The number of hydrogen-bond donors (Lipinski definition) is 2. The molecule has 1 aromatic rings. The van der Waals surface area contributed by atoms with Crippen molar-refractivity contribution in [3.63, 3.8) is 0 Å². The third-order valence-corrected chi connectivity index (χ3v) is 4.68. The standard InChI is InChI=1S/C20H33NO6S/c1-8-11-20(5,6)18(23)26-16-10-9-14(12-15(16)22)17(27-28(7,24)25)13-21-19(2,3)4/h9-10,12,17,21-22H,8,11,13H2,1-7H3. The number of esters is 1. The summed E-state index contributed by atoms with van der Waals surface area (Å²) >= 11 is 0. The zero-order valence-electron chi connectivity index (χ0n) is 17.8. The molecule has 0 fully saturated rings. The molecule has 1 rings (SSSR count). The molecular formula is C20H33NO6S. The molecule has 28 heavy (non-hydrogen) atoms. The van der Waals surface area contributed by atoms with E-state index in [0.29, 0.717) is 12.0 Å². The van der Waals surface area contributed by atoms with Gasteiger partial charge in [-0.3, -0.25) is 8.98 Å². The Morgan fingerprint density at radius 2 is 1.82 bits per heavy atom. The van der Waals surface area contributed by atoms with E-state index in [1.54, 1.807) is 19.9 Å². The van der Waals surface area contributed by atoms with Gasteiger partial charge in [-0.15, -0.1) is 0 Å². The average Bonchev–Trinajstić information content (AvgIpc) is 2.51. The molecule has 7 nitrogen and oxygen atoms in total. The van der Waals surface area contributed by atoms with E-state index in [4.69, 9.17) is 8.92 Å². The van der Waals surface area contributed by atoms with E-state index in [9.17, 15) is 18.3 Å². The van der Waals surface area contributed by atoms with Crippen molar-refractivity contribution in [1.29, 1.82) is 0 Å². The van der Waals surface area contributed by atoms with E-state index in [1.165, 1.54) is 12.1 Å². The van der Waals surface area contributed by atoms with Crippen LogP contribution in [0.5, 0.6) is 11.5 Å². The minimum atomic E-state index is -3.71. The molecule has 1 aromatic carbocycles. The van der Waals surface area contributed by atoms with Crippen molar-refractivity contribution in [3.05, 3.63) is 23.8 Å². The first-order chi connectivity index (χ1) is 12.6. The topological polar surface area (TPSA) is 102 Å². The van der Waals surface area contributed by atoms with Crippen LogP contribution in [0.2, 0.25) is 0 Å². The van der Waals surface area contributed by atoms with Crippen molar-refractivity contribution in [2.24, 2.45) is 5.41 Å². The minimum Gasteiger partial charge on any atom is -0.504 e. The number of benzene rings is 1. The summed E-state index contributed by atoms with van der Waals surface area (Å²) in [6, 6.07) is 4.38. The van der Waals surface area contributed by atoms with Crippen molar-refractivity contribution in [1.82, 2.24) is 5.32 Å². The van der Waals surface area contributed by atoms with Gasteiger partial charge in [-0.05, 0) is 58.7 Å². The second-order valence-corrected chi connectivity index (χ2v) is 10.3. The van der Waals surface area contributed by atoms with Gasteiger partial charge in [0.2, 0.25) is 0 Å². The van der Waals surface area contributed by atoms with Crippen LogP contribution in [0, 0.1) is 5.41 Å². The Kier molecular flexibility index (Phi) is 8.05. The highest BCUT2D eigenvalue weighted by molar-refractivity contribution is 7.86. The lowest BCUT2D eigenvalue weighted by Gasteiger charge is -2.25. The Labute approximate surface area is 168 Å². The highest BCUT2D eigenvalue weighted by Gasteiger charge is 2.30. The molecule has 0 aliphatic heterocycles. The Morgan fingerprint density at radius 3 is 2.29 bits per heavy atom. The molecule has 0 spiro atoms. The smallest absolute Gasteiger partial charge is 0.317 e. The third-order valence-electron chi connectivity index (χ3n) is 4.09. The molecular weight excluding hydrogens is 382 g/mol. The van der Waals surface area contributed by atoms with Gasteiger partial charge < -0.3 is 15.2 Å². The third kappa shape index (κ3) is 8.16. The second-order valence-electron chi connectivity index (χ2n) is 8.67. The normalized spacial score (nSPS) is 14.0. The van der Waals surface area contributed by atoms with Crippen molar-refractivity contribution < 1.29 is 27.2 Å². The van der Waals surface area contributed by atoms with Crippen LogP contribution >= 0.6 is 0 Å². The molecule has 1 unspecified atom stereocenters. The lowest BCUT2D eigenvalue weighted by molar-refractivity contribution is -0.144. The van der Waals surface area contributed by atoms with Gasteiger partial charge in [-0.1, -0.05) is 19.4 Å². The first-order valence-electron chi connectivity index (χ1n) is 9.33. The summed E-state index contributed by atoms with van der Waals surface area (Å²) in [7, 11) is -3.71. The molecule has 0 amide bonds. The number of hydrogen-bond acceptors (Lipinski definition) is 7. The number of rotatable bonds is 9. The number of phenolic OH excluding ortho intramolecular Hbond substituents is 1. The number of nitrogens with one attached hydrogen (secondary N) is 1. The van der Waals surface area contributed by atoms with Crippen molar-refractivity contribution in [2.75, 3.05) is 12.8 Å². The van der Waals surface area contributed by atoms with Gasteiger partial charge in [-0.25, -0.2) is 0 Å². The summed E-state index contributed by atoms with van der Waals surface area (Å²) in [6.07, 6.45) is 1.63. The van der Waals surface area contributed by atoms with Crippen LogP contribution in [0.25, 0.3) is 0 Å².